The van der Waals surface area contributed by atoms with Crippen LogP contribution >= 0.6 is 24.7 Å². The number of carbonyl (C=O) groups is 2. The average Bonchev–Trinajstić information content (AvgIpc) is 3.31. The molecule has 0 bridgehead atoms. The van der Waals surface area contributed by atoms with E-state index in [1.54, 1.807) is 44.4 Å². The molecular formula is C50H66N2O9S2. The van der Waals surface area contributed by atoms with E-state index in [2.05, 4.69) is 177 Å². The van der Waals surface area contributed by atoms with Crippen molar-refractivity contribution in [1.82, 2.24) is 5.64 Å². The van der Waals surface area contributed by atoms with Crippen molar-refractivity contribution in [3.8, 4) is 148 Å². The second kappa shape index (κ2) is 38.4. The molecule has 0 aliphatic heterocycles. The summed E-state index contributed by atoms with van der Waals surface area (Å²) in [7, 11) is 1.54. The van der Waals surface area contributed by atoms with Crippen molar-refractivity contribution in [2.45, 2.75) is 64.2 Å². The van der Waals surface area contributed by atoms with Gasteiger partial charge in [-0.1, -0.05) is 45.5 Å². The maximum atomic E-state index is 13.2. The van der Waals surface area contributed by atoms with Crippen LogP contribution in [0.3, 0.4) is 0 Å². The molecule has 0 unspecified atom stereocenters. The van der Waals surface area contributed by atoms with E-state index in [0.717, 1.165) is 44.8 Å². The molecule has 0 aliphatic rings. The Hall–Kier alpha value is -7.80. The molecule has 0 saturated carbocycles. The van der Waals surface area contributed by atoms with Gasteiger partial charge in [-0.3, -0.25) is 14.9 Å². The first-order valence-corrected chi connectivity index (χ1v) is 19.5. The fourth-order valence-corrected chi connectivity index (χ4v) is 5.56. The number of nitro groups is 1. The standard InChI is InChI=1S/C25H31NO5S.C25H4.H3NO4S.14H2/c1-4-6-14-25(17-27,15-7-5-2)18-32-23-13-10-20(26(29)30)16-22(23)24(28)19-8-11-21(31-3)12-9-19;1-3-5-7-9-11-13-15-17-19-21-23-25-24-22-20-18-16-14-12-10-8-6-4-2;2-3-1-4-5-6;;;;;;;;;;;;;;/h8-13,16-17H,4-7,14-15,18H2,1-3H3;1H,2H3;1-2,6H;14*1H. The van der Waals surface area contributed by atoms with Gasteiger partial charge in [0.1, 0.15) is 12.0 Å². The van der Waals surface area contributed by atoms with Gasteiger partial charge in [0, 0.05) is 108 Å². The van der Waals surface area contributed by atoms with Crippen LogP contribution in [-0.4, -0.2) is 35.1 Å². The van der Waals surface area contributed by atoms with Crippen LogP contribution in [0.5, 0.6) is 5.75 Å². The molecule has 0 amide bonds. The minimum atomic E-state index is -0.503. The van der Waals surface area contributed by atoms with Crippen molar-refractivity contribution in [3.63, 3.8) is 0 Å². The highest BCUT2D eigenvalue weighted by Gasteiger charge is 2.30. The van der Waals surface area contributed by atoms with Crippen LogP contribution in [0.1, 0.15) is 95.2 Å². The molecule has 2 aromatic carbocycles. The largest absolute Gasteiger partial charge is 0.497 e. The molecule has 0 aliphatic carbocycles. The van der Waals surface area contributed by atoms with Gasteiger partial charge in [-0.05, 0) is 150 Å². The number of nitro benzene ring substituents is 1. The third kappa shape index (κ3) is 27.6. The molecule has 13 heteroatoms. The fourth-order valence-electron chi connectivity index (χ4n) is 4.26. The second-order valence-electron chi connectivity index (χ2n) is 11.3. The van der Waals surface area contributed by atoms with Gasteiger partial charge >= 0.3 is 0 Å². The van der Waals surface area contributed by atoms with Gasteiger partial charge in [0.2, 0.25) is 0 Å². The van der Waals surface area contributed by atoms with E-state index in [9.17, 15) is 19.7 Å². The summed E-state index contributed by atoms with van der Waals surface area (Å²) in [5.41, 5.74) is 1.56. The van der Waals surface area contributed by atoms with E-state index in [0.29, 0.717) is 22.0 Å². The number of benzene rings is 2. The summed E-state index contributed by atoms with van der Waals surface area (Å²) < 4.78 is 8.72. The lowest BCUT2D eigenvalue weighted by molar-refractivity contribution is -0.437. The van der Waals surface area contributed by atoms with Gasteiger partial charge in [-0.25, -0.2) is 5.26 Å². The molecule has 2 aromatic rings. The summed E-state index contributed by atoms with van der Waals surface area (Å²) in [4.78, 5) is 43.6. The Balaban J connectivity index is -0.0000000603. The van der Waals surface area contributed by atoms with Crippen molar-refractivity contribution in [2.24, 2.45) is 5.41 Å². The van der Waals surface area contributed by atoms with Gasteiger partial charge in [0.25, 0.3) is 5.69 Å². The molecule has 0 spiro atoms. The van der Waals surface area contributed by atoms with E-state index in [4.69, 9.17) is 16.4 Å². The van der Waals surface area contributed by atoms with Crippen LogP contribution in [0.15, 0.2) is 47.4 Å². The molecular weight excluding hydrogens is 837 g/mol. The molecule has 342 valence electrons. The number of unbranched alkanes of at least 4 members (excludes halogenated alkanes) is 2. The zero-order valence-corrected chi connectivity index (χ0v) is 36.4. The minimum Gasteiger partial charge on any atom is -0.497 e. The van der Waals surface area contributed by atoms with Gasteiger partial charge in [-0.15, -0.1) is 32.5 Å². The van der Waals surface area contributed by atoms with Gasteiger partial charge in [0.05, 0.1) is 12.0 Å². The van der Waals surface area contributed by atoms with Crippen LogP contribution in [0, 0.1) is 158 Å². The summed E-state index contributed by atoms with van der Waals surface area (Å²) >= 11 is 4.51. The van der Waals surface area contributed by atoms with Crippen LogP contribution in [-0.2, 0) is 19.1 Å². The van der Waals surface area contributed by atoms with Crippen LogP contribution in [0.4, 0.5) is 5.69 Å². The number of methoxy groups -OCH3 is 1. The normalized spacial score (nSPS) is 8.08. The number of terminal acetylenes is 1. The van der Waals surface area contributed by atoms with Crippen molar-refractivity contribution in [3.05, 3.63) is 63.7 Å². The van der Waals surface area contributed by atoms with Gasteiger partial charge in [0.15, 0.2) is 5.78 Å². The number of thioether (sulfide) groups is 1. The molecule has 0 radical (unpaired) electrons. The number of ether oxygens (including phenoxy) is 1. The van der Waals surface area contributed by atoms with Crippen LogP contribution in [0.2, 0.25) is 0 Å². The Bertz CT molecular complexity index is 2670. The molecule has 0 heterocycles. The number of hydrogen-bond acceptors (Lipinski definition) is 12. The molecule has 2 rings (SSSR count). The number of carbonyl (C=O) groups excluding carboxylic acids is 2. The molecule has 11 nitrogen and oxygen atoms in total. The average molecular weight is 903 g/mol. The fraction of sp³-hybridized carbons (Fsp3) is 0.240. The van der Waals surface area contributed by atoms with Gasteiger partial charge in [-0.2, -0.15) is 0 Å². The summed E-state index contributed by atoms with van der Waals surface area (Å²) in [5, 5.41) is 18.7. The summed E-state index contributed by atoms with van der Waals surface area (Å²) in [5.74, 6) is 57.8. The smallest absolute Gasteiger partial charge is 0.270 e. The van der Waals surface area contributed by atoms with E-state index >= 15 is 0 Å². The van der Waals surface area contributed by atoms with E-state index in [1.165, 1.54) is 29.5 Å². The van der Waals surface area contributed by atoms with Crippen molar-refractivity contribution in [1.29, 1.82) is 0 Å². The number of thiol groups is 1. The Morgan fingerprint density at radius 3 is 1.63 bits per heavy atom. The molecule has 2 N–H and O–H groups in total. The van der Waals surface area contributed by atoms with Crippen LogP contribution in [0.25, 0.3) is 0 Å². The zero-order chi connectivity index (χ0) is 46.7. The Morgan fingerprint density at radius 1 is 0.825 bits per heavy atom. The second-order valence-corrected chi connectivity index (χ2v) is 12.5. The predicted molar refractivity (Wildman–Crippen MR) is 275 cm³/mol. The van der Waals surface area contributed by atoms with Crippen molar-refractivity contribution in [2.75, 3.05) is 12.9 Å². The maximum absolute atomic E-state index is 13.2. The summed E-state index contributed by atoms with van der Waals surface area (Å²) in [6.45, 7) is 5.90. The summed E-state index contributed by atoms with van der Waals surface area (Å²) in [6, 6.07) is 11.0. The topological polar surface area (TPSA) is 146 Å². The molecule has 0 fully saturated rings. The van der Waals surface area contributed by atoms with E-state index in [-0.39, 0.29) is 37.0 Å². The molecule has 0 atom stereocenters. The lowest BCUT2D eigenvalue weighted by atomic mass is 9.81. The first kappa shape index (κ1) is 55.2. The summed E-state index contributed by atoms with van der Waals surface area (Å²) in [6.07, 6.45) is 11.5. The number of ketones is 1. The van der Waals surface area contributed by atoms with Gasteiger partial charge < -0.3 is 9.53 Å². The minimum absolute atomic E-state index is 0. The number of rotatable bonds is 17. The highest BCUT2D eigenvalue weighted by atomic mass is 32.2. The molecule has 0 saturated heterocycles. The Morgan fingerprint density at radius 2 is 1.29 bits per heavy atom. The first-order chi connectivity index (χ1) is 30.7. The number of nitrogens with one attached hydrogen (secondary N) is 1. The number of aldehydes is 1. The number of non-ortho nitro benzene ring substituents is 1. The lowest BCUT2D eigenvalue weighted by Gasteiger charge is -2.28. The monoisotopic (exact) mass is 902 g/mol. The van der Waals surface area contributed by atoms with Crippen molar-refractivity contribution >= 4 is 42.4 Å². The third-order valence-electron chi connectivity index (χ3n) is 7.15. The quantitative estimate of drug-likeness (QED) is 0.0133. The number of nitrogens with zero attached hydrogens (tertiary/aromatic N) is 1. The maximum Gasteiger partial charge on any atom is 0.270 e. The zero-order valence-electron chi connectivity index (χ0n) is 34.7. The highest BCUT2D eigenvalue weighted by Crippen LogP contribution is 2.38. The predicted octanol–water partition coefficient (Wildman–Crippen LogP) is 10.3. The molecule has 63 heavy (non-hydrogen) atoms. The van der Waals surface area contributed by atoms with Crippen LogP contribution < -0.4 is 10.4 Å². The van der Waals surface area contributed by atoms with Crippen molar-refractivity contribution < 1.29 is 58.8 Å². The number of hydrogen-bond donors (Lipinski definition) is 3. The van der Waals surface area contributed by atoms with E-state index in [1.807, 2.05) is 0 Å². The Labute approximate surface area is 400 Å². The Kier molecular flexibility index (Phi) is 33.7. The first-order valence-electron chi connectivity index (χ1n) is 18.2. The molecule has 0 aromatic heterocycles. The van der Waals surface area contributed by atoms with E-state index < -0.39 is 10.3 Å². The SMILES string of the molecule is C#CC#CC#CC#CC#CC#CC#CC#CC#CC#CC#CC#CC.CCCCC(C=O)(CCCC)CSc1ccc([N+](=O)[O-])cc1C(=O)c1ccc(OC)cc1.OONOOS.[HH].[HH].[HH].[HH].[HH].[HH].[HH].[HH].[HH].[HH].[HH].[HH].[HH].[HH]. The highest BCUT2D eigenvalue weighted by molar-refractivity contribution is 7.99. The lowest BCUT2D eigenvalue weighted by Crippen LogP contribution is -2.26. The third-order valence-corrected chi connectivity index (χ3v) is 8.61.